The van der Waals surface area contributed by atoms with Crippen LogP contribution in [-0.2, 0) is 6.42 Å². The van der Waals surface area contributed by atoms with Crippen LogP contribution < -0.4 is 11.1 Å². The molecule has 0 saturated carbocycles. The number of nitrogens with one attached hydrogen (secondary N) is 1. The highest BCUT2D eigenvalue weighted by molar-refractivity contribution is 5.66. The Morgan fingerprint density at radius 1 is 1.12 bits per heavy atom. The molecule has 0 saturated heterocycles. The number of nitrogens with two attached hydrogens (primary N) is 1. The highest BCUT2D eigenvalue weighted by Crippen LogP contribution is 2.23. The van der Waals surface area contributed by atoms with Gasteiger partial charge in [-0.2, -0.15) is 0 Å². The van der Waals surface area contributed by atoms with Crippen LogP contribution in [0.25, 0.3) is 0 Å². The van der Waals surface area contributed by atoms with Crippen molar-refractivity contribution in [1.29, 1.82) is 0 Å². The summed E-state index contributed by atoms with van der Waals surface area (Å²) in [7, 11) is 0. The van der Waals surface area contributed by atoms with Crippen LogP contribution in [0.2, 0.25) is 0 Å². The summed E-state index contributed by atoms with van der Waals surface area (Å²) < 4.78 is 0. The standard InChI is InChI=1S/C15H18N2/c1-3-12-5-4-6-14(10-12)17-15-8-7-13(16)9-11(15)2/h4-10,17H,3,16H2,1-2H3. The van der Waals surface area contributed by atoms with E-state index in [4.69, 9.17) is 5.73 Å². The van der Waals surface area contributed by atoms with Gasteiger partial charge in [0, 0.05) is 17.1 Å². The first-order valence-corrected chi connectivity index (χ1v) is 5.91. The smallest absolute Gasteiger partial charge is 0.0415 e. The van der Waals surface area contributed by atoms with Gasteiger partial charge in [-0.15, -0.1) is 0 Å². The van der Waals surface area contributed by atoms with E-state index in [-0.39, 0.29) is 0 Å². The van der Waals surface area contributed by atoms with E-state index in [1.54, 1.807) is 0 Å². The number of nitrogen functional groups attached to an aromatic ring is 1. The quantitative estimate of drug-likeness (QED) is 0.779. The van der Waals surface area contributed by atoms with Crippen molar-refractivity contribution in [3.63, 3.8) is 0 Å². The molecule has 0 unspecified atom stereocenters. The minimum absolute atomic E-state index is 0.801. The molecule has 0 aliphatic heterocycles. The lowest BCUT2D eigenvalue weighted by Gasteiger charge is -2.11. The summed E-state index contributed by atoms with van der Waals surface area (Å²) in [5.74, 6) is 0. The van der Waals surface area contributed by atoms with E-state index < -0.39 is 0 Å². The first kappa shape index (κ1) is 11.5. The lowest BCUT2D eigenvalue weighted by atomic mass is 10.1. The second kappa shape index (κ2) is 4.91. The van der Waals surface area contributed by atoms with Crippen LogP contribution in [-0.4, -0.2) is 0 Å². The van der Waals surface area contributed by atoms with Gasteiger partial charge in [0.1, 0.15) is 0 Å². The molecule has 88 valence electrons. The largest absolute Gasteiger partial charge is 0.399 e. The summed E-state index contributed by atoms with van der Waals surface area (Å²) in [5.41, 5.74) is 11.3. The third kappa shape index (κ3) is 2.78. The average molecular weight is 226 g/mol. The molecule has 0 heterocycles. The summed E-state index contributed by atoms with van der Waals surface area (Å²) >= 11 is 0. The van der Waals surface area contributed by atoms with Crippen LogP contribution in [0.1, 0.15) is 18.1 Å². The van der Waals surface area contributed by atoms with Crippen molar-refractivity contribution in [3.05, 3.63) is 53.6 Å². The summed E-state index contributed by atoms with van der Waals surface area (Å²) in [6.45, 7) is 4.22. The number of hydrogen-bond acceptors (Lipinski definition) is 2. The van der Waals surface area contributed by atoms with Crippen LogP contribution in [0.15, 0.2) is 42.5 Å². The molecule has 0 amide bonds. The van der Waals surface area contributed by atoms with Gasteiger partial charge in [0.15, 0.2) is 0 Å². The first-order valence-electron chi connectivity index (χ1n) is 5.91. The van der Waals surface area contributed by atoms with Gasteiger partial charge in [0.25, 0.3) is 0 Å². The van der Waals surface area contributed by atoms with Gasteiger partial charge in [-0.25, -0.2) is 0 Å². The molecule has 2 nitrogen and oxygen atoms in total. The second-order valence-corrected chi connectivity index (χ2v) is 4.25. The Morgan fingerprint density at radius 3 is 2.65 bits per heavy atom. The monoisotopic (exact) mass is 226 g/mol. The molecule has 2 rings (SSSR count). The maximum atomic E-state index is 5.74. The highest BCUT2D eigenvalue weighted by Gasteiger charge is 2.00. The fourth-order valence-electron chi connectivity index (χ4n) is 1.85. The molecule has 0 atom stereocenters. The Balaban J connectivity index is 2.25. The van der Waals surface area contributed by atoms with Crippen LogP contribution in [0.3, 0.4) is 0 Å². The molecule has 0 aliphatic rings. The number of rotatable bonds is 3. The molecule has 0 aromatic heterocycles. The van der Waals surface area contributed by atoms with Crippen molar-refractivity contribution in [2.24, 2.45) is 0 Å². The Bertz CT molecular complexity index is 518. The van der Waals surface area contributed by atoms with Crippen LogP contribution >= 0.6 is 0 Å². The molecule has 0 aliphatic carbocycles. The van der Waals surface area contributed by atoms with Crippen molar-refractivity contribution in [2.75, 3.05) is 11.1 Å². The third-order valence-electron chi connectivity index (χ3n) is 2.86. The van der Waals surface area contributed by atoms with Gasteiger partial charge >= 0.3 is 0 Å². The number of anilines is 3. The normalized spacial score (nSPS) is 10.2. The van der Waals surface area contributed by atoms with Gasteiger partial charge in [0.05, 0.1) is 0 Å². The minimum Gasteiger partial charge on any atom is -0.399 e. The lowest BCUT2D eigenvalue weighted by molar-refractivity contribution is 1.14. The van der Waals surface area contributed by atoms with Crippen molar-refractivity contribution >= 4 is 17.1 Å². The number of benzene rings is 2. The van der Waals surface area contributed by atoms with Gasteiger partial charge in [0.2, 0.25) is 0 Å². The fourth-order valence-corrected chi connectivity index (χ4v) is 1.85. The summed E-state index contributed by atoms with van der Waals surface area (Å²) in [6.07, 6.45) is 1.05. The predicted molar refractivity (Wildman–Crippen MR) is 74.7 cm³/mol. The first-order chi connectivity index (χ1) is 8.19. The molecule has 3 N–H and O–H groups in total. The molecule has 2 aromatic carbocycles. The maximum absolute atomic E-state index is 5.74. The Morgan fingerprint density at radius 2 is 1.94 bits per heavy atom. The number of aryl methyl sites for hydroxylation is 2. The van der Waals surface area contributed by atoms with E-state index in [9.17, 15) is 0 Å². The molecule has 0 spiro atoms. The highest BCUT2D eigenvalue weighted by atomic mass is 14.9. The molecule has 0 fully saturated rings. The molecule has 2 heteroatoms. The Kier molecular flexibility index (Phi) is 3.33. The van der Waals surface area contributed by atoms with Gasteiger partial charge in [-0.3, -0.25) is 0 Å². The SMILES string of the molecule is CCc1cccc(Nc2ccc(N)cc2C)c1. The topological polar surface area (TPSA) is 38.0 Å². The van der Waals surface area contributed by atoms with Crippen LogP contribution in [0.5, 0.6) is 0 Å². The molecule has 17 heavy (non-hydrogen) atoms. The van der Waals surface area contributed by atoms with Gasteiger partial charge in [-0.05, 0) is 54.8 Å². The van der Waals surface area contributed by atoms with Gasteiger partial charge < -0.3 is 11.1 Å². The zero-order valence-electron chi connectivity index (χ0n) is 10.3. The van der Waals surface area contributed by atoms with E-state index in [0.717, 1.165) is 29.0 Å². The average Bonchev–Trinajstić information content (AvgIpc) is 2.33. The summed E-state index contributed by atoms with van der Waals surface area (Å²) in [6, 6.07) is 14.4. The fraction of sp³-hybridized carbons (Fsp3) is 0.200. The maximum Gasteiger partial charge on any atom is 0.0415 e. The molecule has 2 aromatic rings. The van der Waals surface area contributed by atoms with Crippen LogP contribution in [0, 0.1) is 6.92 Å². The zero-order chi connectivity index (χ0) is 12.3. The van der Waals surface area contributed by atoms with Crippen molar-refractivity contribution in [2.45, 2.75) is 20.3 Å². The molecule has 0 bridgehead atoms. The van der Waals surface area contributed by atoms with Crippen molar-refractivity contribution in [1.82, 2.24) is 0 Å². The minimum atomic E-state index is 0.801. The Labute approximate surface area is 102 Å². The van der Waals surface area contributed by atoms with Crippen LogP contribution in [0.4, 0.5) is 17.1 Å². The summed E-state index contributed by atoms with van der Waals surface area (Å²) in [4.78, 5) is 0. The second-order valence-electron chi connectivity index (χ2n) is 4.25. The Hall–Kier alpha value is -1.96. The van der Waals surface area contributed by atoms with Crippen molar-refractivity contribution < 1.29 is 0 Å². The van der Waals surface area contributed by atoms with E-state index in [0.29, 0.717) is 0 Å². The van der Waals surface area contributed by atoms with E-state index in [2.05, 4.69) is 43.4 Å². The van der Waals surface area contributed by atoms with E-state index in [1.807, 2.05) is 18.2 Å². The van der Waals surface area contributed by atoms with Gasteiger partial charge in [-0.1, -0.05) is 19.1 Å². The molecular formula is C15H18N2. The predicted octanol–water partition coefficient (Wildman–Crippen LogP) is 3.88. The summed E-state index contributed by atoms with van der Waals surface area (Å²) in [5, 5.41) is 3.42. The lowest BCUT2D eigenvalue weighted by Crippen LogP contribution is -1.95. The van der Waals surface area contributed by atoms with E-state index in [1.165, 1.54) is 5.56 Å². The zero-order valence-corrected chi connectivity index (χ0v) is 10.3. The van der Waals surface area contributed by atoms with Crippen molar-refractivity contribution in [3.8, 4) is 0 Å². The van der Waals surface area contributed by atoms with E-state index >= 15 is 0 Å². The molecule has 0 radical (unpaired) electrons. The molecular weight excluding hydrogens is 208 g/mol. The third-order valence-corrected chi connectivity index (χ3v) is 2.86. The number of hydrogen-bond donors (Lipinski definition) is 2.